The Morgan fingerprint density at radius 3 is 2.82 bits per heavy atom. The quantitative estimate of drug-likeness (QED) is 0.855. The highest BCUT2D eigenvalue weighted by Gasteiger charge is 2.28. The van der Waals surface area contributed by atoms with Gasteiger partial charge in [-0.25, -0.2) is 9.97 Å². The van der Waals surface area contributed by atoms with E-state index in [9.17, 15) is 4.79 Å². The largest absolute Gasteiger partial charge is 0.364 e. The van der Waals surface area contributed by atoms with Crippen LogP contribution in [0, 0.1) is 0 Å². The Labute approximate surface area is 101 Å². The number of carbonyl (C=O) groups is 1. The molecule has 0 saturated carbocycles. The molecule has 0 radical (unpaired) electrons. The number of hydrogen-bond acceptors (Lipinski definition) is 4. The number of amides is 1. The molecule has 0 unspecified atom stereocenters. The van der Waals surface area contributed by atoms with Crippen LogP contribution in [-0.2, 0) is 4.79 Å². The number of aromatic nitrogens is 2. The molecule has 0 aliphatic carbocycles. The summed E-state index contributed by atoms with van der Waals surface area (Å²) in [5, 5.41) is 3.31. The van der Waals surface area contributed by atoms with Gasteiger partial charge in [0.15, 0.2) is 0 Å². The second kappa shape index (κ2) is 4.69. The van der Waals surface area contributed by atoms with Gasteiger partial charge in [0.05, 0.1) is 6.04 Å². The van der Waals surface area contributed by atoms with Crippen LogP contribution < -0.4 is 5.32 Å². The van der Waals surface area contributed by atoms with Crippen molar-refractivity contribution in [1.82, 2.24) is 14.9 Å². The predicted molar refractivity (Wildman–Crippen MR) is 65.8 cm³/mol. The molecule has 92 valence electrons. The van der Waals surface area contributed by atoms with E-state index in [1.165, 1.54) is 0 Å². The highest BCUT2D eigenvalue weighted by molar-refractivity contribution is 5.74. The van der Waals surface area contributed by atoms with E-state index >= 15 is 0 Å². The average molecular weight is 234 g/mol. The minimum Gasteiger partial charge on any atom is -0.364 e. The summed E-state index contributed by atoms with van der Waals surface area (Å²) in [5.41, 5.74) is 0. The molecule has 1 aromatic heterocycles. The maximum Gasteiger partial charge on any atom is 0.219 e. The Morgan fingerprint density at radius 2 is 2.24 bits per heavy atom. The maximum absolute atomic E-state index is 11.0. The second-order valence-corrected chi connectivity index (χ2v) is 4.72. The van der Waals surface area contributed by atoms with Crippen LogP contribution in [0.15, 0.2) is 12.3 Å². The van der Waals surface area contributed by atoms with E-state index in [0.717, 1.165) is 24.7 Å². The van der Waals surface area contributed by atoms with Crippen molar-refractivity contribution in [2.45, 2.75) is 32.7 Å². The van der Waals surface area contributed by atoms with E-state index in [1.807, 2.05) is 11.0 Å². The van der Waals surface area contributed by atoms with E-state index in [1.54, 1.807) is 13.1 Å². The lowest BCUT2D eigenvalue weighted by molar-refractivity contribution is -0.132. The van der Waals surface area contributed by atoms with Gasteiger partial charge >= 0.3 is 0 Å². The van der Waals surface area contributed by atoms with Crippen LogP contribution in [0.5, 0.6) is 0 Å². The van der Waals surface area contributed by atoms with Gasteiger partial charge in [0.2, 0.25) is 5.91 Å². The Bertz CT molecular complexity index is 413. The predicted octanol–water partition coefficient (Wildman–Crippen LogP) is 1.24. The third kappa shape index (κ3) is 2.72. The number of nitrogens with one attached hydrogen (secondary N) is 1. The molecule has 1 saturated heterocycles. The van der Waals surface area contributed by atoms with Crippen molar-refractivity contribution in [2.24, 2.45) is 0 Å². The molecule has 1 aliphatic rings. The number of nitrogens with zero attached hydrogens (tertiary/aromatic N) is 3. The molecule has 1 amide bonds. The van der Waals surface area contributed by atoms with Crippen molar-refractivity contribution in [2.75, 3.05) is 18.4 Å². The van der Waals surface area contributed by atoms with Crippen LogP contribution in [0.4, 0.5) is 5.82 Å². The Balaban J connectivity index is 1.92. The standard InChI is InChI=1S/C12H18N4O/c1-8(2)12-13-5-4-11(15-12)14-10-6-16(7-10)9(3)17/h4-5,8,10H,6-7H2,1-3H3,(H,13,14,15). The first-order valence-corrected chi connectivity index (χ1v) is 5.91. The molecule has 2 heterocycles. The minimum absolute atomic E-state index is 0.133. The summed E-state index contributed by atoms with van der Waals surface area (Å²) in [7, 11) is 0. The van der Waals surface area contributed by atoms with Crippen LogP contribution >= 0.6 is 0 Å². The Morgan fingerprint density at radius 1 is 1.53 bits per heavy atom. The fourth-order valence-electron chi connectivity index (χ4n) is 1.77. The summed E-state index contributed by atoms with van der Waals surface area (Å²) in [6.45, 7) is 7.25. The molecule has 0 bridgehead atoms. The van der Waals surface area contributed by atoms with Crippen molar-refractivity contribution >= 4 is 11.7 Å². The number of rotatable bonds is 3. The highest BCUT2D eigenvalue weighted by Crippen LogP contribution is 2.15. The molecule has 1 N–H and O–H groups in total. The van der Waals surface area contributed by atoms with Gasteiger partial charge in [-0.05, 0) is 6.07 Å². The highest BCUT2D eigenvalue weighted by atomic mass is 16.2. The molecule has 0 aromatic carbocycles. The molecule has 2 rings (SSSR count). The zero-order valence-electron chi connectivity index (χ0n) is 10.5. The van der Waals surface area contributed by atoms with Crippen LogP contribution in [0.3, 0.4) is 0 Å². The van der Waals surface area contributed by atoms with Crippen LogP contribution in [-0.4, -0.2) is 39.9 Å². The Kier molecular flexibility index (Phi) is 3.26. The number of anilines is 1. The van der Waals surface area contributed by atoms with Crippen molar-refractivity contribution in [1.29, 1.82) is 0 Å². The monoisotopic (exact) mass is 234 g/mol. The molecule has 0 atom stereocenters. The van der Waals surface area contributed by atoms with Gasteiger partial charge in [-0.2, -0.15) is 0 Å². The summed E-state index contributed by atoms with van der Waals surface area (Å²) in [6.07, 6.45) is 1.77. The van der Waals surface area contributed by atoms with Gasteiger partial charge in [0.1, 0.15) is 11.6 Å². The van der Waals surface area contributed by atoms with Crippen molar-refractivity contribution in [3.63, 3.8) is 0 Å². The SMILES string of the molecule is CC(=O)N1CC(Nc2ccnc(C(C)C)n2)C1. The summed E-state index contributed by atoms with van der Waals surface area (Å²) in [5.74, 6) is 2.15. The smallest absolute Gasteiger partial charge is 0.219 e. The number of carbonyl (C=O) groups excluding carboxylic acids is 1. The summed E-state index contributed by atoms with van der Waals surface area (Å²) < 4.78 is 0. The van der Waals surface area contributed by atoms with Crippen LogP contribution in [0.25, 0.3) is 0 Å². The molecule has 5 heteroatoms. The molecule has 5 nitrogen and oxygen atoms in total. The first kappa shape index (κ1) is 11.8. The summed E-state index contributed by atoms with van der Waals surface area (Å²) in [4.78, 5) is 21.5. The normalized spacial score (nSPS) is 15.9. The fraction of sp³-hybridized carbons (Fsp3) is 0.583. The minimum atomic E-state index is 0.133. The van der Waals surface area contributed by atoms with Crippen molar-refractivity contribution < 1.29 is 4.79 Å². The molecule has 17 heavy (non-hydrogen) atoms. The van der Waals surface area contributed by atoms with Gasteiger partial charge < -0.3 is 10.2 Å². The van der Waals surface area contributed by atoms with E-state index in [-0.39, 0.29) is 5.91 Å². The van der Waals surface area contributed by atoms with Gasteiger partial charge in [-0.3, -0.25) is 4.79 Å². The van der Waals surface area contributed by atoms with Gasteiger partial charge in [0, 0.05) is 32.1 Å². The summed E-state index contributed by atoms with van der Waals surface area (Å²) >= 11 is 0. The van der Waals surface area contributed by atoms with E-state index in [0.29, 0.717) is 12.0 Å². The maximum atomic E-state index is 11.0. The average Bonchev–Trinajstić information content (AvgIpc) is 2.22. The molecular weight excluding hydrogens is 216 g/mol. The van der Waals surface area contributed by atoms with E-state index < -0.39 is 0 Å². The zero-order chi connectivity index (χ0) is 12.4. The van der Waals surface area contributed by atoms with E-state index in [4.69, 9.17) is 0 Å². The zero-order valence-corrected chi connectivity index (χ0v) is 10.5. The van der Waals surface area contributed by atoms with E-state index in [2.05, 4.69) is 29.1 Å². The van der Waals surface area contributed by atoms with Crippen LogP contribution in [0.1, 0.15) is 32.5 Å². The first-order valence-electron chi connectivity index (χ1n) is 5.91. The Hall–Kier alpha value is -1.65. The molecule has 1 aliphatic heterocycles. The third-order valence-corrected chi connectivity index (χ3v) is 2.87. The topological polar surface area (TPSA) is 58.1 Å². The number of likely N-dealkylation sites (tertiary alicyclic amines) is 1. The van der Waals surface area contributed by atoms with Crippen LogP contribution in [0.2, 0.25) is 0 Å². The van der Waals surface area contributed by atoms with Gasteiger partial charge in [-0.1, -0.05) is 13.8 Å². The lowest BCUT2D eigenvalue weighted by Gasteiger charge is -2.39. The van der Waals surface area contributed by atoms with Crippen molar-refractivity contribution in [3.8, 4) is 0 Å². The van der Waals surface area contributed by atoms with Crippen molar-refractivity contribution in [3.05, 3.63) is 18.1 Å². The lowest BCUT2D eigenvalue weighted by atomic mass is 10.1. The molecule has 1 aromatic rings. The number of hydrogen-bond donors (Lipinski definition) is 1. The second-order valence-electron chi connectivity index (χ2n) is 4.72. The van der Waals surface area contributed by atoms with Gasteiger partial charge in [-0.15, -0.1) is 0 Å². The lowest BCUT2D eigenvalue weighted by Crippen LogP contribution is -2.56. The fourth-order valence-corrected chi connectivity index (χ4v) is 1.77. The molecule has 0 spiro atoms. The summed E-state index contributed by atoms with van der Waals surface area (Å²) in [6, 6.07) is 2.18. The van der Waals surface area contributed by atoms with Gasteiger partial charge in [0.25, 0.3) is 0 Å². The molecule has 1 fully saturated rings. The molecular formula is C12H18N4O. The third-order valence-electron chi connectivity index (χ3n) is 2.87. The first-order chi connectivity index (χ1) is 8.06.